The van der Waals surface area contributed by atoms with E-state index in [2.05, 4.69) is 20.8 Å². The fourth-order valence-corrected chi connectivity index (χ4v) is 9.08. The molecule has 0 aromatic heterocycles. The van der Waals surface area contributed by atoms with Gasteiger partial charge in [0.2, 0.25) is 0 Å². The molecular formula is C27H46O2. The quantitative estimate of drug-likeness (QED) is 0.549. The molecule has 29 heavy (non-hydrogen) atoms. The van der Waals surface area contributed by atoms with E-state index in [1.807, 2.05) is 13.8 Å². The highest BCUT2D eigenvalue weighted by Crippen LogP contribution is 2.68. The zero-order chi connectivity index (χ0) is 21.0. The Morgan fingerprint density at radius 2 is 1.76 bits per heavy atom. The maximum absolute atomic E-state index is 12.1. The monoisotopic (exact) mass is 402 g/mol. The first-order valence-electron chi connectivity index (χ1n) is 12.8. The van der Waals surface area contributed by atoms with Crippen molar-refractivity contribution in [3.63, 3.8) is 0 Å². The molecule has 166 valence electrons. The van der Waals surface area contributed by atoms with Gasteiger partial charge in [0.15, 0.2) is 0 Å². The first kappa shape index (κ1) is 21.8. The molecule has 4 fully saturated rings. The van der Waals surface area contributed by atoms with Gasteiger partial charge in [-0.1, -0.05) is 33.6 Å². The molecule has 8 atom stereocenters. The normalized spacial score (nSPS) is 46.0. The fourth-order valence-electron chi connectivity index (χ4n) is 9.08. The van der Waals surface area contributed by atoms with Gasteiger partial charge in [-0.25, -0.2) is 0 Å². The van der Waals surface area contributed by atoms with Crippen LogP contribution in [0, 0.1) is 46.3 Å². The van der Waals surface area contributed by atoms with Crippen molar-refractivity contribution in [2.75, 3.05) is 0 Å². The lowest BCUT2D eigenvalue weighted by molar-refractivity contribution is -0.140. The number of hydrogen-bond donors (Lipinski definition) is 1. The average Bonchev–Trinajstić information content (AvgIpc) is 2.98. The van der Waals surface area contributed by atoms with Crippen LogP contribution in [0.4, 0.5) is 0 Å². The van der Waals surface area contributed by atoms with E-state index in [0.29, 0.717) is 22.5 Å². The van der Waals surface area contributed by atoms with E-state index in [4.69, 9.17) is 0 Å². The van der Waals surface area contributed by atoms with Crippen LogP contribution in [-0.4, -0.2) is 16.5 Å². The molecule has 0 saturated heterocycles. The summed E-state index contributed by atoms with van der Waals surface area (Å²) >= 11 is 0. The highest BCUT2D eigenvalue weighted by molar-refractivity contribution is 5.79. The molecule has 4 aliphatic rings. The summed E-state index contributed by atoms with van der Waals surface area (Å²) in [5.41, 5.74) is 0.451. The predicted octanol–water partition coefficient (Wildman–Crippen LogP) is 6.79. The van der Waals surface area contributed by atoms with Gasteiger partial charge in [0.25, 0.3) is 0 Å². The van der Waals surface area contributed by atoms with E-state index in [1.54, 1.807) is 0 Å². The van der Waals surface area contributed by atoms with Crippen molar-refractivity contribution < 1.29 is 9.90 Å². The molecular weight excluding hydrogens is 356 g/mol. The zero-order valence-corrected chi connectivity index (χ0v) is 19.8. The molecule has 0 aromatic rings. The van der Waals surface area contributed by atoms with Crippen molar-refractivity contribution in [1.82, 2.24) is 0 Å². The number of carbonyl (C=O) groups excluding carboxylic acids is 1. The van der Waals surface area contributed by atoms with Gasteiger partial charge in [-0.05, 0) is 112 Å². The summed E-state index contributed by atoms with van der Waals surface area (Å²) in [6, 6.07) is 0. The highest BCUT2D eigenvalue weighted by atomic mass is 16.3. The smallest absolute Gasteiger partial charge is 0.133 e. The summed E-state index contributed by atoms with van der Waals surface area (Å²) in [4.78, 5) is 12.1. The Balaban J connectivity index is 1.45. The Hall–Kier alpha value is -0.370. The van der Waals surface area contributed by atoms with Gasteiger partial charge in [0, 0.05) is 12.8 Å². The Labute approximate surface area is 179 Å². The average molecular weight is 403 g/mol. The van der Waals surface area contributed by atoms with Crippen molar-refractivity contribution in [2.24, 2.45) is 46.3 Å². The van der Waals surface area contributed by atoms with Crippen molar-refractivity contribution in [3.8, 4) is 0 Å². The van der Waals surface area contributed by atoms with E-state index >= 15 is 0 Å². The van der Waals surface area contributed by atoms with Crippen molar-refractivity contribution >= 4 is 5.78 Å². The third kappa shape index (κ3) is 3.85. The molecule has 4 aliphatic carbocycles. The second-order valence-corrected chi connectivity index (χ2v) is 12.8. The van der Waals surface area contributed by atoms with Crippen LogP contribution in [0.5, 0.6) is 0 Å². The number of fused-ring (bicyclic) bond motifs is 5. The van der Waals surface area contributed by atoms with Crippen LogP contribution >= 0.6 is 0 Å². The van der Waals surface area contributed by atoms with Crippen LogP contribution in [0.3, 0.4) is 0 Å². The van der Waals surface area contributed by atoms with Crippen molar-refractivity contribution in [3.05, 3.63) is 0 Å². The van der Waals surface area contributed by atoms with Crippen LogP contribution in [0.1, 0.15) is 112 Å². The largest absolute Gasteiger partial charge is 0.390 e. The maximum atomic E-state index is 12.1. The Morgan fingerprint density at radius 3 is 2.48 bits per heavy atom. The van der Waals surface area contributed by atoms with E-state index in [-0.39, 0.29) is 0 Å². The first-order chi connectivity index (χ1) is 13.5. The molecule has 0 aromatic carbocycles. The molecule has 0 unspecified atom stereocenters. The SMILES string of the molecule is C[C@H](CCCC(C)(C)O)[C@H]1CC[C@H]2[C@@H]3CC[C@H]4CC(=O)CC[C@]4(C)[C@H]3CC[C@]12C. The van der Waals surface area contributed by atoms with E-state index < -0.39 is 5.60 Å². The van der Waals surface area contributed by atoms with Gasteiger partial charge in [-0.2, -0.15) is 0 Å². The van der Waals surface area contributed by atoms with Crippen molar-refractivity contribution in [1.29, 1.82) is 0 Å². The molecule has 2 nitrogen and oxygen atoms in total. The Bertz CT molecular complexity index is 619. The lowest BCUT2D eigenvalue weighted by Crippen LogP contribution is -2.53. The standard InChI is InChI=1S/C27H46O2/c1-18(7-6-14-25(2,3)29)22-10-11-23-21-9-8-19-17-20(28)12-15-26(19,4)24(21)13-16-27(22,23)5/h18-19,21-24,29H,6-17H2,1-5H3/t18-,19+,21+,22-,23+,24+,26+,27-/m1/s1. The van der Waals surface area contributed by atoms with Gasteiger partial charge in [-0.15, -0.1) is 0 Å². The van der Waals surface area contributed by atoms with Crippen LogP contribution < -0.4 is 0 Å². The predicted molar refractivity (Wildman–Crippen MR) is 120 cm³/mol. The van der Waals surface area contributed by atoms with Crippen LogP contribution in [0.2, 0.25) is 0 Å². The van der Waals surface area contributed by atoms with Gasteiger partial charge in [0.1, 0.15) is 5.78 Å². The number of Topliss-reactive ketones (excluding diaryl/α,β-unsaturated/α-hetero) is 1. The fraction of sp³-hybridized carbons (Fsp3) is 0.963. The second kappa shape index (κ2) is 7.64. The topological polar surface area (TPSA) is 37.3 Å². The number of carbonyl (C=O) groups is 1. The van der Waals surface area contributed by atoms with Gasteiger partial charge >= 0.3 is 0 Å². The van der Waals surface area contributed by atoms with E-state index in [1.165, 1.54) is 44.9 Å². The maximum Gasteiger partial charge on any atom is 0.133 e. The summed E-state index contributed by atoms with van der Waals surface area (Å²) in [7, 11) is 0. The second-order valence-electron chi connectivity index (χ2n) is 12.8. The van der Waals surface area contributed by atoms with Gasteiger partial charge < -0.3 is 5.11 Å². The number of ketones is 1. The Kier molecular flexibility index (Phi) is 5.76. The van der Waals surface area contributed by atoms with Gasteiger partial charge in [0.05, 0.1) is 5.60 Å². The minimum atomic E-state index is -0.518. The summed E-state index contributed by atoms with van der Waals surface area (Å²) in [5, 5.41) is 10.1. The molecule has 0 bridgehead atoms. The number of rotatable bonds is 5. The minimum absolute atomic E-state index is 0.439. The molecule has 0 aliphatic heterocycles. The molecule has 0 amide bonds. The summed E-state index contributed by atoms with van der Waals surface area (Å²) in [5.74, 6) is 5.56. The molecule has 1 N–H and O–H groups in total. The van der Waals surface area contributed by atoms with E-state index in [9.17, 15) is 9.90 Å². The molecule has 0 heterocycles. The summed E-state index contributed by atoms with van der Waals surface area (Å²) < 4.78 is 0. The summed E-state index contributed by atoms with van der Waals surface area (Å²) in [6.45, 7) is 11.6. The third-order valence-corrected chi connectivity index (χ3v) is 10.7. The summed E-state index contributed by atoms with van der Waals surface area (Å²) in [6.07, 6.45) is 14.6. The number of hydrogen-bond acceptors (Lipinski definition) is 2. The third-order valence-electron chi connectivity index (χ3n) is 10.7. The lowest BCUT2D eigenvalue weighted by Gasteiger charge is -2.60. The Morgan fingerprint density at radius 1 is 1.03 bits per heavy atom. The van der Waals surface area contributed by atoms with E-state index in [0.717, 1.165) is 61.7 Å². The molecule has 2 heteroatoms. The molecule has 0 radical (unpaired) electrons. The first-order valence-corrected chi connectivity index (χ1v) is 12.8. The minimum Gasteiger partial charge on any atom is -0.390 e. The molecule has 4 rings (SSSR count). The lowest BCUT2D eigenvalue weighted by atomic mass is 9.44. The zero-order valence-electron chi connectivity index (χ0n) is 19.8. The van der Waals surface area contributed by atoms with Crippen molar-refractivity contribution in [2.45, 2.75) is 117 Å². The molecule has 4 saturated carbocycles. The number of aliphatic hydroxyl groups is 1. The molecule has 0 spiro atoms. The van der Waals surface area contributed by atoms with Gasteiger partial charge in [-0.3, -0.25) is 4.79 Å². The van der Waals surface area contributed by atoms with Crippen LogP contribution in [0.15, 0.2) is 0 Å². The highest BCUT2D eigenvalue weighted by Gasteiger charge is 2.60. The van der Waals surface area contributed by atoms with Crippen LogP contribution in [-0.2, 0) is 4.79 Å². The van der Waals surface area contributed by atoms with Crippen LogP contribution in [0.25, 0.3) is 0 Å².